The first kappa shape index (κ1) is 26.6. The number of halogens is 1. The highest BCUT2D eigenvalue weighted by Crippen LogP contribution is 2.27. The number of benzene rings is 1. The highest BCUT2D eigenvalue weighted by atomic mass is 28.5. The lowest BCUT2D eigenvalue weighted by atomic mass is 10.3. The van der Waals surface area contributed by atoms with Gasteiger partial charge in [-0.05, 0) is 57.5 Å². The fraction of sp³-hybridized carbons (Fsp3) is 0.611. The summed E-state index contributed by atoms with van der Waals surface area (Å²) in [4.78, 5) is 12.2. The smallest absolute Gasteiger partial charge is 0.420 e. The SMILES string of the molecule is CN(C(=O)F)c1cccc([Si](C)(C)CC[Si](O[SiH](C)C)(O[SiH](C)C)O[SiH](C)C)c1. The molecule has 11 heteroatoms. The van der Waals surface area contributed by atoms with Crippen LogP contribution >= 0.6 is 0 Å². The van der Waals surface area contributed by atoms with Gasteiger partial charge in [-0.25, -0.2) is 4.79 Å². The second kappa shape index (κ2) is 11.3. The Morgan fingerprint density at radius 3 is 1.86 bits per heavy atom. The molecule has 166 valence electrons. The van der Waals surface area contributed by atoms with E-state index in [1.165, 1.54) is 12.2 Å². The van der Waals surface area contributed by atoms with Gasteiger partial charge in [-0.1, -0.05) is 30.4 Å². The van der Waals surface area contributed by atoms with Crippen molar-refractivity contribution in [2.45, 2.75) is 64.5 Å². The van der Waals surface area contributed by atoms with Crippen LogP contribution in [0.5, 0.6) is 0 Å². The monoisotopic (exact) mass is 491 g/mol. The average molecular weight is 492 g/mol. The number of carbonyl (C=O) groups excluding carboxylic acids is 1. The lowest BCUT2D eigenvalue weighted by Gasteiger charge is -2.37. The summed E-state index contributed by atoms with van der Waals surface area (Å²) in [7, 11) is -7.06. The molecule has 1 aromatic rings. The van der Waals surface area contributed by atoms with Crippen molar-refractivity contribution in [1.29, 1.82) is 0 Å². The van der Waals surface area contributed by atoms with Crippen molar-refractivity contribution >= 4 is 61.0 Å². The van der Waals surface area contributed by atoms with Crippen LogP contribution in [0.3, 0.4) is 0 Å². The summed E-state index contributed by atoms with van der Waals surface area (Å²) in [5.41, 5.74) is 0.585. The van der Waals surface area contributed by atoms with E-state index in [0.717, 1.165) is 17.0 Å². The summed E-state index contributed by atoms with van der Waals surface area (Å²) >= 11 is 0. The van der Waals surface area contributed by atoms with Gasteiger partial charge >= 0.3 is 15.0 Å². The number of hydrogen-bond acceptors (Lipinski definition) is 4. The summed E-state index contributed by atoms with van der Waals surface area (Å²) in [6.45, 7) is 17.6. The molecule has 0 atom stereocenters. The van der Waals surface area contributed by atoms with E-state index in [9.17, 15) is 9.18 Å². The van der Waals surface area contributed by atoms with Crippen molar-refractivity contribution in [2.24, 2.45) is 0 Å². The lowest BCUT2D eigenvalue weighted by Crippen LogP contribution is -2.55. The van der Waals surface area contributed by atoms with Gasteiger partial charge < -0.3 is 12.3 Å². The second-order valence-electron chi connectivity index (χ2n) is 8.93. The molecule has 0 aliphatic rings. The molecule has 0 spiro atoms. The van der Waals surface area contributed by atoms with Crippen LogP contribution in [0.15, 0.2) is 24.3 Å². The first-order valence-electron chi connectivity index (χ1n) is 10.3. The Morgan fingerprint density at radius 1 is 0.966 bits per heavy atom. The summed E-state index contributed by atoms with van der Waals surface area (Å²) in [6, 6.07) is 9.50. The number of rotatable bonds is 11. The van der Waals surface area contributed by atoms with E-state index in [2.05, 4.69) is 58.4 Å². The van der Waals surface area contributed by atoms with E-state index in [0.29, 0.717) is 5.69 Å². The van der Waals surface area contributed by atoms with Crippen LogP contribution in [0.1, 0.15) is 0 Å². The third-order valence-corrected chi connectivity index (χ3v) is 19.3. The molecule has 1 amide bonds. The van der Waals surface area contributed by atoms with Gasteiger partial charge in [0.15, 0.2) is 27.1 Å². The number of nitrogens with zero attached hydrogens (tertiary/aromatic N) is 1. The fourth-order valence-corrected chi connectivity index (χ4v) is 20.5. The van der Waals surface area contributed by atoms with Crippen molar-refractivity contribution in [3.63, 3.8) is 0 Å². The molecule has 0 heterocycles. The Hall–Kier alpha value is -0.416. The zero-order valence-electron chi connectivity index (χ0n) is 19.4. The van der Waals surface area contributed by atoms with Gasteiger partial charge in [0.25, 0.3) is 0 Å². The lowest BCUT2D eigenvalue weighted by molar-refractivity contribution is 0.229. The van der Waals surface area contributed by atoms with E-state index in [4.69, 9.17) is 12.3 Å². The molecule has 0 fully saturated rings. The van der Waals surface area contributed by atoms with Crippen LogP contribution in [0.2, 0.25) is 64.5 Å². The van der Waals surface area contributed by atoms with Crippen molar-refractivity contribution in [2.75, 3.05) is 11.9 Å². The van der Waals surface area contributed by atoms with E-state index >= 15 is 0 Å². The minimum Gasteiger partial charge on any atom is -0.420 e. The Bertz CT molecular complexity index is 649. The Labute approximate surface area is 183 Å². The Morgan fingerprint density at radius 2 is 1.45 bits per heavy atom. The maximum Gasteiger partial charge on any atom is 0.468 e. The largest absolute Gasteiger partial charge is 0.468 e. The molecule has 1 aromatic carbocycles. The van der Waals surface area contributed by atoms with Crippen molar-refractivity contribution < 1.29 is 21.5 Å². The van der Waals surface area contributed by atoms with Crippen molar-refractivity contribution in [3.05, 3.63) is 24.3 Å². The summed E-state index contributed by atoms with van der Waals surface area (Å²) in [5, 5.41) is 1.19. The van der Waals surface area contributed by atoms with Crippen LogP contribution in [0, 0.1) is 0 Å². The molecule has 0 saturated carbocycles. The second-order valence-corrected chi connectivity index (χ2v) is 24.8. The number of carbonyl (C=O) groups is 1. The minimum absolute atomic E-state index is 0.585. The number of anilines is 1. The van der Waals surface area contributed by atoms with Crippen LogP contribution in [0.25, 0.3) is 0 Å². The van der Waals surface area contributed by atoms with Crippen LogP contribution in [0.4, 0.5) is 14.9 Å². The molecule has 0 aromatic heterocycles. The Balaban J connectivity index is 3.12. The van der Waals surface area contributed by atoms with Crippen LogP contribution < -0.4 is 10.1 Å². The Kier molecular flexibility index (Phi) is 10.3. The molecular weight excluding hydrogens is 454 g/mol. The maximum atomic E-state index is 13.1. The normalized spacial score (nSPS) is 12.9. The first-order chi connectivity index (χ1) is 13.3. The quantitative estimate of drug-likeness (QED) is 0.266. The van der Waals surface area contributed by atoms with Gasteiger partial charge in [0, 0.05) is 18.8 Å². The molecule has 0 N–H and O–H groups in total. The third-order valence-electron chi connectivity index (χ3n) is 4.58. The average Bonchev–Trinajstić information content (AvgIpc) is 2.57. The van der Waals surface area contributed by atoms with Gasteiger partial charge in [0.1, 0.15) is 0 Å². The fourth-order valence-electron chi connectivity index (χ4n) is 3.18. The highest BCUT2D eigenvalue weighted by Gasteiger charge is 2.44. The first-order valence-corrected chi connectivity index (χ1v) is 23.8. The molecular formula is C18H38FNO4Si5. The van der Waals surface area contributed by atoms with E-state index in [-0.39, 0.29) is 0 Å². The number of amides is 1. The topological polar surface area (TPSA) is 48.0 Å². The predicted molar refractivity (Wildman–Crippen MR) is 134 cm³/mol. The standard InChI is InChI=1S/C18H38FNO4Si5/c1-20(18(19)21)16-11-10-12-17(15-16)28(8,9)13-14-29(22-25(2)3,23-26(4)5)24-27(6)7/h10-12,15,25-27H,13-14H2,1-9H3. The van der Waals surface area contributed by atoms with Gasteiger partial charge in [-0.2, -0.15) is 0 Å². The van der Waals surface area contributed by atoms with Crippen LogP contribution in [-0.2, 0) is 12.3 Å². The number of hydrogen-bond donors (Lipinski definition) is 0. The van der Waals surface area contributed by atoms with Gasteiger partial charge in [-0.3, -0.25) is 4.90 Å². The molecule has 0 unspecified atom stereocenters. The molecule has 1 rings (SSSR count). The third kappa shape index (κ3) is 8.69. The summed E-state index contributed by atoms with van der Waals surface area (Å²) < 4.78 is 32.7. The van der Waals surface area contributed by atoms with Crippen molar-refractivity contribution in [3.8, 4) is 0 Å². The van der Waals surface area contributed by atoms with Gasteiger partial charge in [0.2, 0.25) is 0 Å². The van der Waals surface area contributed by atoms with Crippen molar-refractivity contribution in [1.82, 2.24) is 0 Å². The zero-order valence-corrected chi connectivity index (χ0v) is 24.9. The van der Waals surface area contributed by atoms with Gasteiger partial charge in [-0.15, -0.1) is 4.39 Å². The zero-order chi connectivity index (χ0) is 22.4. The predicted octanol–water partition coefficient (Wildman–Crippen LogP) is 4.07. The summed E-state index contributed by atoms with van der Waals surface area (Å²) in [5.74, 6) is 0. The van der Waals surface area contributed by atoms with E-state index in [1.807, 2.05) is 12.1 Å². The maximum absolute atomic E-state index is 13.1. The molecule has 29 heavy (non-hydrogen) atoms. The van der Waals surface area contributed by atoms with Crippen LogP contribution in [-0.4, -0.2) is 57.2 Å². The van der Waals surface area contributed by atoms with E-state index in [1.54, 1.807) is 6.07 Å². The molecule has 0 aliphatic carbocycles. The highest BCUT2D eigenvalue weighted by molar-refractivity contribution is 6.91. The van der Waals surface area contributed by atoms with Gasteiger partial charge in [0.05, 0.1) is 8.07 Å². The molecule has 5 nitrogen and oxygen atoms in total. The minimum atomic E-state index is -2.69. The van der Waals surface area contributed by atoms with E-state index < -0.39 is 50.2 Å². The molecule has 0 bridgehead atoms. The molecule has 0 radical (unpaired) electrons. The molecule has 0 saturated heterocycles. The molecule has 0 aliphatic heterocycles. The summed E-state index contributed by atoms with van der Waals surface area (Å²) in [6.07, 6.45) is -1.45.